The van der Waals surface area contributed by atoms with Crippen LogP contribution < -0.4 is 10.6 Å². The second kappa shape index (κ2) is 4.76. The van der Waals surface area contributed by atoms with Gasteiger partial charge in [-0.2, -0.15) is 0 Å². The van der Waals surface area contributed by atoms with Crippen LogP contribution in [0.1, 0.15) is 15.4 Å². The number of hydrogen-bond acceptors (Lipinski definition) is 4. The van der Waals surface area contributed by atoms with E-state index >= 15 is 0 Å². The molecule has 0 atom stereocenters. The molecule has 1 rings (SSSR count). The summed E-state index contributed by atoms with van der Waals surface area (Å²) in [6, 6.07) is 0. The predicted molar refractivity (Wildman–Crippen MR) is 58.9 cm³/mol. The number of nitrogens with zero attached hydrogens (tertiary/aromatic N) is 1. The predicted octanol–water partition coefficient (Wildman–Crippen LogP) is 1.41. The fraction of sp³-hybridized carbons (Fsp3) is 0.333. The molecule has 0 aliphatic carbocycles. The highest BCUT2D eigenvalue weighted by atomic mass is 32.1. The van der Waals surface area contributed by atoms with Crippen LogP contribution in [0.4, 0.5) is 5.13 Å². The lowest BCUT2D eigenvalue weighted by atomic mass is 10.4. The zero-order valence-corrected chi connectivity index (χ0v) is 9.07. The fourth-order valence-corrected chi connectivity index (χ4v) is 1.88. The van der Waals surface area contributed by atoms with Gasteiger partial charge in [-0.05, 0) is 6.92 Å². The molecule has 0 saturated carbocycles. The number of carbonyl (C=O) groups is 1. The van der Waals surface area contributed by atoms with Crippen LogP contribution in [0.25, 0.3) is 0 Å². The zero-order valence-electron chi connectivity index (χ0n) is 8.26. The Kier molecular flexibility index (Phi) is 3.64. The minimum absolute atomic E-state index is 0.0911. The number of thiazole rings is 1. The highest BCUT2D eigenvalue weighted by Crippen LogP contribution is 2.21. The summed E-state index contributed by atoms with van der Waals surface area (Å²) in [6.07, 6.45) is 1.75. The third-order valence-corrected chi connectivity index (χ3v) is 2.74. The van der Waals surface area contributed by atoms with Crippen LogP contribution in [0.5, 0.6) is 0 Å². The first-order valence-electron chi connectivity index (χ1n) is 4.23. The summed E-state index contributed by atoms with van der Waals surface area (Å²) in [5, 5.41) is 6.37. The van der Waals surface area contributed by atoms with Crippen LogP contribution in [-0.4, -0.2) is 24.5 Å². The van der Waals surface area contributed by atoms with E-state index in [0.29, 0.717) is 11.4 Å². The number of aryl methyl sites for hydroxylation is 1. The molecule has 76 valence electrons. The van der Waals surface area contributed by atoms with Crippen LogP contribution in [0, 0.1) is 6.92 Å². The maximum absolute atomic E-state index is 11.3. The summed E-state index contributed by atoms with van der Waals surface area (Å²) in [5.41, 5.74) is 0.751. The topological polar surface area (TPSA) is 54.0 Å². The number of nitrogens with one attached hydrogen (secondary N) is 2. The molecular formula is C9H13N3OS. The Balaban J connectivity index is 2.81. The van der Waals surface area contributed by atoms with Gasteiger partial charge in [-0.1, -0.05) is 17.4 Å². The van der Waals surface area contributed by atoms with Gasteiger partial charge in [0.1, 0.15) is 4.88 Å². The molecule has 5 heteroatoms. The van der Waals surface area contributed by atoms with E-state index in [1.165, 1.54) is 11.3 Å². The Morgan fingerprint density at radius 2 is 2.43 bits per heavy atom. The number of anilines is 1. The van der Waals surface area contributed by atoms with Gasteiger partial charge in [-0.15, -0.1) is 6.58 Å². The van der Waals surface area contributed by atoms with E-state index in [4.69, 9.17) is 0 Å². The second-order valence-corrected chi connectivity index (χ2v) is 3.68. The second-order valence-electron chi connectivity index (χ2n) is 2.68. The van der Waals surface area contributed by atoms with Crippen molar-refractivity contribution in [3.05, 3.63) is 23.2 Å². The molecule has 1 aromatic heterocycles. The monoisotopic (exact) mass is 211 g/mol. The quantitative estimate of drug-likeness (QED) is 0.740. The highest BCUT2D eigenvalue weighted by molar-refractivity contribution is 7.17. The van der Waals surface area contributed by atoms with Gasteiger partial charge in [0, 0.05) is 13.6 Å². The molecule has 1 aromatic rings. The number of carbonyl (C=O) groups excluding carboxylic acids is 1. The molecule has 1 heterocycles. The van der Waals surface area contributed by atoms with Crippen LogP contribution in [-0.2, 0) is 0 Å². The van der Waals surface area contributed by atoms with Crippen molar-refractivity contribution in [3.63, 3.8) is 0 Å². The fourth-order valence-electron chi connectivity index (χ4n) is 0.956. The molecule has 4 nitrogen and oxygen atoms in total. The summed E-state index contributed by atoms with van der Waals surface area (Å²) < 4.78 is 0. The molecule has 1 amide bonds. The first-order chi connectivity index (χ1) is 6.69. The van der Waals surface area contributed by atoms with Gasteiger partial charge in [0.2, 0.25) is 0 Å². The molecule has 0 saturated heterocycles. The Morgan fingerprint density at radius 3 is 3.00 bits per heavy atom. The average molecular weight is 211 g/mol. The van der Waals surface area contributed by atoms with Gasteiger partial charge in [0.05, 0.1) is 5.69 Å². The summed E-state index contributed by atoms with van der Waals surface area (Å²) in [5.74, 6) is -0.0911. The molecule has 0 bridgehead atoms. The Morgan fingerprint density at radius 1 is 1.71 bits per heavy atom. The molecule has 0 unspecified atom stereocenters. The maximum Gasteiger partial charge on any atom is 0.263 e. The van der Waals surface area contributed by atoms with Gasteiger partial charge >= 0.3 is 0 Å². The average Bonchev–Trinajstić information content (AvgIpc) is 2.55. The molecule has 2 N–H and O–H groups in total. The highest BCUT2D eigenvalue weighted by Gasteiger charge is 2.12. The van der Waals surface area contributed by atoms with Crippen molar-refractivity contribution in [2.75, 3.05) is 18.9 Å². The SMILES string of the molecule is C=CCNc1nc(C)c(C(=O)NC)s1. The normalized spacial score (nSPS) is 9.57. The Labute approximate surface area is 87.1 Å². The number of rotatable bonds is 4. The van der Waals surface area contributed by atoms with Crippen LogP contribution >= 0.6 is 11.3 Å². The van der Waals surface area contributed by atoms with E-state index < -0.39 is 0 Å². The third-order valence-electron chi connectivity index (χ3n) is 1.63. The van der Waals surface area contributed by atoms with Crippen molar-refractivity contribution in [2.24, 2.45) is 0 Å². The van der Waals surface area contributed by atoms with Gasteiger partial charge in [-0.25, -0.2) is 4.98 Å². The van der Waals surface area contributed by atoms with E-state index in [0.717, 1.165) is 10.8 Å². The molecular weight excluding hydrogens is 198 g/mol. The number of hydrogen-bond donors (Lipinski definition) is 2. The van der Waals surface area contributed by atoms with E-state index in [9.17, 15) is 4.79 Å². The van der Waals surface area contributed by atoms with E-state index in [1.807, 2.05) is 6.92 Å². The summed E-state index contributed by atoms with van der Waals surface area (Å²) in [4.78, 5) is 16.2. The van der Waals surface area contributed by atoms with Gasteiger partial charge < -0.3 is 10.6 Å². The van der Waals surface area contributed by atoms with Crippen molar-refractivity contribution < 1.29 is 4.79 Å². The smallest absolute Gasteiger partial charge is 0.263 e. The molecule has 0 fully saturated rings. The lowest BCUT2D eigenvalue weighted by molar-refractivity contribution is 0.0966. The minimum Gasteiger partial charge on any atom is -0.358 e. The molecule has 14 heavy (non-hydrogen) atoms. The first-order valence-corrected chi connectivity index (χ1v) is 5.05. The third kappa shape index (κ3) is 2.32. The molecule has 0 spiro atoms. The van der Waals surface area contributed by atoms with Crippen molar-refractivity contribution in [3.8, 4) is 0 Å². The van der Waals surface area contributed by atoms with Gasteiger partial charge in [-0.3, -0.25) is 4.79 Å². The van der Waals surface area contributed by atoms with E-state index in [-0.39, 0.29) is 5.91 Å². The molecule has 0 aliphatic rings. The van der Waals surface area contributed by atoms with Crippen molar-refractivity contribution in [1.82, 2.24) is 10.3 Å². The van der Waals surface area contributed by atoms with Crippen LogP contribution in [0.15, 0.2) is 12.7 Å². The van der Waals surface area contributed by atoms with Gasteiger partial charge in [0.15, 0.2) is 5.13 Å². The van der Waals surface area contributed by atoms with Gasteiger partial charge in [0.25, 0.3) is 5.91 Å². The van der Waals surface area contributed by atoms with E-state index in [1.54, 1.807) is 13.1 Å². The lowest BCUT2D eigenvalue weighted by Crippen LogP contribution is -2.17. The summed E-state index contributed by atoms with van der Waals surface area (Å²) in [6.45, 7) is 6.06. The molecule has 0 radical (unpaired) electrons. The maximum atomic E-state index is 11.3. The first kappa shape index (κ1) is 10.7. The van der Waals surface area contributed by atoms with Crippen LogP contribution in [0.3, 0.4) is 0 Å². The zero-order chi connectivity index (χ0) is 10.6. The minimum atomic E-state index is -0.0911. The van der Waals surface area contributed by atoms with E-state index in [2.05, 4.69) is 22.2 Å². The van der Waals surface area contributed by atoms with Crippen molar-refractivity contribution in [2.45, 2.75) is 6.92 Å². The molecule has 0 aromatic carbocycles. The van der Waals surface area contributed by atoms with Crippen LogP contribution in [0.2, 0.25) is 0 Å². The molecule has 0 aliphatic heterocycles. The summed E-state index contributed by atoms with van der Waals surface area (Å²) in [7, 11) is 1.61. The van der Waals surface area contributed by atoms with Crippen molar-refractivity contribution in [1.29, 1.82) is 0 Å². The standard InChI is InChI=1S/C9H13N3OS/c1-4-5-11-9-12-6(2)7(14-9)8(13)10-3/h4H,1,5H2,2-3H3,(H,10,13)(H,11,12). The Hall–Kier alpha value is -1.36. The largest absolute Gasteiger partial charge is 0.358 e. The lowest BCUT2D eigenvalue weighted by Gasteiger charge is -1.94. The number of aromatic nitrogens is 1. The number of amides is 1. The van der Waals surface area contributed by atoms with Crippen molar-refractivity contribution >= 4 is 22.4 Å². The Bertz CT molecular complexity index is 346. The summed E-state index contributed by atoms with van der Waals surface area (Å²) >= 11 is 1.35.